The third-order valence-corrected chi connectivity index (χ3v) is 8.98. The van der Waals surface area contributed by atoms with Gasteiger partial charge in [-0.25, -0.2) is 0 Å². The van der Waals surface area contributed by atoms with Crippen molar-refractivity contribution in [2.75, 3.05) is 13.1 Å². The van der Waals surface area contributed by atoms with Crippen molar-refractivity contribution < 1.29 is 0 Å². The van der Waals surface area contributed by atoms with Crippen LogP contribution in [0.25, 0.3) is 0 Å². The van der Waals surface area contributed by atoms with Crippen molar-refractivity contribution in [1.82, 2.24) is 4.90 Å². The smallest absolute Gasteiger partial charge is 0.0233 e. The predicted molar refractivity (Wildman–Crippen MR) is 127 cm³/mol. The van der Waals surface area contributed by atoms with Crippen LogP contribution in [0.1, 0.15) is 69.8 Å². The number of fused-ring (bicyclic) bond motifs is 2. The molecule has 4 saturated carbocycles. The summed E-state index contributed by atoms with van der Waals surface area (Å²) in [4.78, 5) is 2.85. The normalized spacial score (nSPS) is 36.2. The van der Waals surface area contributed by atoms with Crippen LogP contribution in [0.2, 0.25) is 0 Å². The molecule has 0 aliphatic heterocycles. The number of nitrogens with zero attached hydrogens (tertiary/aromatic N) is 1. The molecule has 3 unspecified atom stereocenters. The summed E-state index contributed by atoms with van der Waals surface area (Å²) in [6, 6.07) is 11.2. The lowest BCUT2D eigenvalue weighted by atomic mass is 9.74. The van der Waals surface area contributed by atoms with E-state index in [9.17, 15) is 0 Å². The quantitative estimate of drug-likeness (QED) is 0.452. The van der Waals surface area contributed by atoms with Gasteiger partial charge < -0.3 is 0 Å². The molecule has 1 aromatic carbocycles. The minimum Gasteiger partial charge on any atom is -0.299 e. The van der Waals surface area contributed by atoms with Gasteiger partial charge in [-0.3, -0.25) is 4.90 Å². The Hall–Kier alpha value is -1.34. The predicted octanol–water partition coefficient (Wildman–Crippen LogP) is 7.25. The Balaban J connectivity index is 1.23. The first-order valence-corrected chi connectivity index (χ1v) is 12.7. The lowest BCUT2D eigenvalue weighted by Gasteiger charge is -2.38. The van der Waals surface area contributed by atoms with E-state index in [-0.39, 0.29) is 0 Å². The summed E-state index contributed by atoms with van der Waals surface area (Å²) in [6.07, 6.45) is 13.9. The van der Waals surface area contributed by atoms with Crippen LogP contribution < -0.4 is 0 Å². The van der Waals surface area contributed by atoms with Crippen LogP contribution in [0.4, 0.5) is 0 Å². The van der Waals surface area contributed by atoms with Gasteiger partial charge in [-0.2, -0.15) is 0 Å². The summed E-state index contributed by atoms with van der Waals surface area (Å²) in [5, 5.41) is 0. The number of benzene rings is 1. The molecule has 0 N–H and O–H groups in total. The van der Waals surface area contributed by atoms with Gasteiger partial charge in [0.15, 0.2) is 0 Å². The largest absolute Gasteiger partial charge is 0.299 e. The summed E-state index contributed by atoms with van der Waals surface area (Å²) in [6.45, 7) is 12.4. The Morgan fingerprint density at radius 3 is 1.70 bits per heavy atom. The topological polar surface area (TPSA) is 3.24 Å². The molecule has 1 nitrogen and oxygen atoms in total. The highest BCUT2D eigenvalue weighted by Gasteiger charge is 2.38. The van der Waals surface area contributed by atoms with Crippen molar-refractivity contribution in [1.29, 1.82) is 0 Å². The highest BCUT2D eigenvalue weighted by Crippen LogP contribution is 2.48. The molecule has 1 heteroatoms. The molecule has 1 aromatic rings. The van der Waals surface area contributed by atoms with Gasteiger partial charge in [0.05, 0.1) is 0 Å². The van der Waals surface area contributed by atoms with Gasteiger partial charge in [-0.05, 0) is 105 Å². The second kappa shape index (κ2) is 9.03. The van der Waals surface area contributed by atoms with Crippen molar-refractivity contribution in [2.45, 2.75) is 70.8 Å². The fraction of sp³-hybridized carbons (Fsp3) is 0.655. The van der Waals surface area contributed by atoms with E-state index < -0.39 is 0 Å². The number of hydrogen-bond donors (Lipinski definition) is 0. The van der Waals surface area contributed by atoms with E-state index in [4.69, 9.17) is 0 Å². The summed E-state index contributed by atoms with van der Waals surface area (Å²) in [5.41, 5.74) is 4.55. The van der Waals surface area contributed by atoms with Crippen LogP contribution in [0.5, 0.6) is 0 Å². The average Bonchev–Trinajstić information content (AvgIpc) is 3.28. The minimum atomic E-state index is 0.892. The van der Waals surface area contributed by atoms with E-state index in [0.29, 0.717) is 0 Å². The van der Waals surface area contributed by atoms with Crippen LogP contribution in [0.15, 0.2) is 54.6 Å². The zero-order valence-corrected chi connectivity index (χ0v) is 18.9. The summed E-state index contributed by atoms with van der Waals surface area (Å²) >= 11 is 0. The Kier molecular flexibility index (Phi) is 6.19. The zero-order chi connectivity index (χ0) is 20.5. The van der Waals surface area contributed by atoms with Crippen molar-refractivity contribution in [3.8, 4) is 0 Å². The Labute approximate surface area is 184 Å². The zero-order valence-electron chi connectivity index (χ0n) is 18.9. The lowest BCUT2D eigenvalue weighted by molar-refractivity contribution is 0.107. The van der Waals surface area contributed by atoms with Crippen LogP contribution in [-0.4, -0.2) is 18.0 Å². The van der Waals surface area contributed by atoms with E-state index in [2.05, 4.69) is 48.4 Å². The molecule has 4 fully saturated rings. The van der Waals surface area contributed by atoms with Crippen molar-refractivity contribution >= 4 is 0 Å². The van der Waals surface area contributed by atoms with E-state index in [0.717, 1.165) is 42.1 Å². The van der Waals surface area contributed by atoms with Crippen LogP contribution in [0.3, 0.4) is 0 Å². The van der Waals surface area contributed by atoms with Crippen molar-refractivity contribution in [3.05, 3.63) is 60.2 Å². The van der Waals surface area contributed by atoms with E-state index in [1.54, 1.807) is 0 Å². The molecular formula is C29H41N. The first kappa shape index (κ1) is 20.6. The number of hydrogen-bond acceptors (Lipinski definition) is 1. The monoisotopic (exact) mass is 403 g/mol. The number of rotatable bonds is 6. The molecule has 5 rings (SSSR count). The van der Waals surface area contributed by atoms with Gasteiger partial charge in [0.25, 0.3) is 0 Å². The summed E-state index contributed by atoms with van der Waals surface area (Å²) in [5.74, 6) is 5.58. The molecule has 6 atom stereocenters. The molecule has 4 aliphatic rings. The van der Waals surface area contributed by atoms with E-state index in [1.807, 2.05) is 0 Å². The second-order valence-electron chi connectivity index (χ2n) is 11.4. The molecule has 162 valence electrons. The van der Waals surface area contributed by atoms with Crippen LogP contribution >= 0.6 is 0 Å². The molecule has 30 heavy (non-hydrogen) atoms. The van der Waals surface area contributed by atoms with E-state index in [1.165, 1.54) is 94.0 Å². The van der Waals surface area contributed by atoms with Crippen LogP contribution in [0, 0.1) is 35.5 Å². The Morgan fingerprint density at radius 2 is 1.17 bits per heavy atom. The fourth-order valence-electron chi connectivity index (χ4n) is 7.64. The van der Waals surface area contributed by atoms with Gasteiger partial charge in [0, 0.05) is 19.6 Å². The van der Waals surface area contributed by atoms with Gasteiger partial charge >= 0.3 is 0 Å². The minimum absolute atomic E-state index is 0.892. The molecule has 0 radical (unpaired) electrons. The molecule has 0 bridgehead atoms. The summed E-state index contributed by atoms with van der Waals surface area (Å²) in [7, 11) is 0. The Morgan fingerprint density at radius 1 is 0.667 bits per heavy atom. The highest BCUT2D eigenvalue weighted by molar-refractivity contribution is 5.15. The maximum Gasteiger partial charge on any atom is 0.0233 e. The van der Waals surface area contributed by atoms with Gasteiger partial charge in [-0.15, -0.1) is 0 Å². The highest BCUT2D eigenvalue weighted by atomic mass is 15.1. The molecule has 0 aromatic heterocycles. The van der Waals surface area contributed by atoms with Crippen molar-refractivity contribution in [3.63, 3.8) is 0 Å². The number of allylic oxidation sites excluding steroid dienone is 2. The van der Waals surface area contributed by atoms with Crippen LogP contribution in [-0.2, 0) is 6.54 Å². The van der Waals surface area contributed by atoms with Gasteiger partial charge in [-0.1, -0.05) is 54.6 Å². The van der Waals surface area contributed by atoms with Crippen molar-refractivity contribution in [2.24, 2.45) is 35.5 Å². The maximum absolute atomic E-state index is 4.31. The summed E-state index contributed by atoms with van der Waals surface area (Å²) < 4.78 is 0. The fourth-order valence-corrected chi connectivity index (χ4v) is 7.64. The molecule has 0 saturated heterocycles. The van der Waals surface area contributed by atoms with E-state index >= 15 is 0 Å². The molecule has 0 amide bonds. The Bertz CT molecular complexity index is 705. The maximum atomic E-state index is 4.31. The average molecular weight is 404 g/mol. The standard InChI is InChI=1S/C29H41N/c1-21-12-26-10-8-24(16-28(26)14-21)19-30(18-23-6-4-3-5-7-23)20-25-9-11-27-13-22(2)15-29(27)17-25/h3-7,24-29H,1-2,8-20H2/t24-,25?,26?,27?,28-,29-/m1/s1. The third-order valence-electron chi connectivity index (χ3n) is 8.98. The lowest BCUT2D eigenvalue weighted by Crippen LogP contribution is -2.37. The first-order chi connectivity index (χ1) is 14.6. The van der Waals surface area contributed by atoms with Gasteiger partial charge in [0.1, 0.15) is 0 Å². The van der Waals surface area contributed by atoms with Gasteiger partial charge in [0.2, 0.25) is 0 Å². The third kappa shape index (κ3) is 4.77. The molecule has 0 spiro atoms. The second-order valence-corrected chi connectivity index (χ2v) is 11.4. The SMILES string of the molecule is C=C1CC2CCC(CN(Cc3ccccc3)C[C@@H]3CCC4CC(=C)C[C@@H]4C3)C[C@H]2C1. The molecule has 0 heterocycles. The molecular weight excluding hydrogens is 362 g/mol. The first-order valence-electron chi connectivity index (χ1n) is 12.7. The molecule has 4 aliphatic carbocycles.